The number of carboxylic acid groups (broad SMARTS) is 1. The van der Waals surface area contributed by atoms with Crippen molar-refractivity contribution in [1.82, 2.24) is 0 Å². The Morgan fingerprint density at radius 2 is 2.00 bits per heavy atom. The minimum atomic E-state index is -1.01. The molecular weight excluding hydrogens is 274 g/mol. The maximum absolute atomic E-state index is 12.6. The SMILES string of the molecule is CC1OCCC1C(=O)N(CCO)c1ccc(C(=O)O)cc1. The van der Waals surface area contributed by atoms with Crippen molar-refractivity contribution >= 4 is 17.6 Å². The largest absolute Gasteiger partial charge is 0.478 e. The first-order valence-electron chi connectivity index (χ1n) is 6.91. The molecule has 1 saturated heterocycles. The Morgan fingerprint density at radius 1 is 1.33 bits per heavy atom. The molecule has 1 heterocycles. The van der Waals surface area contributed by atoms with Crippen molar-refractivity contribution < 1.29 is 24.5 Å². The van der Waals surface area contributed by atoms with Crippen LogP contribution in [0.4, 0.5) is 5.69 Å². The van der Waals surface area contributed by atoms with Crippen molar-refractivity contribution in [2.75, 3.05) is 24.7 Å². The number of carbonyl (C=O) groups is 2. The highest BCUT2D eigenvalue weighted by Crippen LogP contribution is 2.26. The van der Waals surface area contributed by atoms with E-state index < -0.39 is 5.97 Å². The van der Waals surface area contributed by atoms with Crippen LogP contribution in [0, 0.1) is 5.92 Å². The number of aliphatic hydroxyl groups is 1. The molecule has 6 nitrogen and oxygen atoms in total. The third kappa shape index (κ3) is 3.40. The second-order valence-electron chi connectivity index (χ2n) is 5.04. The zero-order chi connectivity index (χ0) is 15.4. The summed E-state index contributed by atoms with van der Waals surface area (Å²) >= 11 is 0. The zero-order valence-electron chi connectivity index (χ0n) is 11.9. The lowest BCUT2D eigenvalue weighted by molar-refractivity contribution is -0.123. The Morgan fingerprint density at radius 3 is 2.48 bits per heavy atom. The van der Waals surface area contributed by atoms with Gasteiger partial charge in [0.2, 0.25) is 5.91 Å². The van der Waals surface area contributed by atoms with Gasteiger partial charge in [0.25, 0.3) is 0 Å². The van der Waals surface area contributed by atoms with Crippen LogP contribution in [0.25, 0.3) is 0 Å². The van der Waals surface area contributed by atoms with Crippen molar-refractivity contribution in [2.45, 2.75) is 19.4 Å². The number of hydrogen-bond donors (Lipinski definition) is 2. The van der Waals surface area contributed by atoms with Gasteiger partial charge < -0.3 is 19.8 Å². The first-order valence-corrected chi connectivity index (χ1v) is 6.91. The maximum Gasteiger partial charge on any atom is 0.335 e. The van der Waals surface area contributed by atoms with E-state index in [0.717, 1.165) is 0 Å². The number of nitrogens with zero attached hydrogens (tertiary/aromatic N) is 1. The number of ether oxygens (including phenoxy) is 1. The molecule has 2 N–H and O–H groups in total. The topological polar surface area (TPSA) is 87.1 Å². The molecule has 114 valence electrons. The van der Waals surface area contributed by atoms with Gasteiger partial charge in [-0.1, -0.05) is 0 Å². The summed E-state index contributed by atoms with van der Waals surface area (Å²) in [7, 11) is 0. The van der Waals surface area contributed by atoms with E-state index in [-0.39, 0.29) is 36.6 Å². The zero-order valence-corrected chi connectivity index (χ0v) is 11.9. The van der Waals surface area contributed by atoms with Gasteiger partial charge in [0, 0.05) is 18.8 Å². The molecule has 0 spiro atoms. The highest BCUT2D eigenvalue weighted by Gasteiger charge is 2.34. The average molecular weight is 293 g/mol. The molecule has 21 heavy (non-hydrogen) atoms. The third-order valence-corrected chi connectivity index (χ3v) is 3.71. The normalized spacial score (nSPS) is 21.2. The molecule has 1 aliphatic rings. The van der Waals surface area contributed by atoms with Gasteiger partial charge in [0.15, 0.2) is 0 Å². The Kier molecular flexibility index (Phi) is 4.93. The molecule has 2 unspecified atom stereocenters. The number of carbonyl (C=O) groups excluding carboxylic acids is 1. The van der Waals surface area contributed by atoms with Crippen molar-refractivity contribution in [3.05, 3.63) is 29.8 Å². The lowest BCUT2D eigenvalue weighted by Crippen LogP contribution is -2.40. The molecule has 0 bridgehead atoms. The van der Waals surface area contributed by atoms with Crippen molar-refractivity contribution in [1.29, 1.82) is 0 Å². The van der Waals surface area contributed by atoms with Gasteiger partial charge in [-0.2, -0.15) is 0 Å². The van der Waals surface area contributed by atoms with Crippen LogP contribution in [-0.2, 0) is 9.53 Å². The number of aromatic carboxylic acids is 1. The molecule has 0 saturated carbocycles. The first kappa shape index (κ1) is 15.5. The molecule has 0 aromatic heterocycles. The molecule has 1 aliphatic heterocycles. The third-order valence-electron chi connectivity index (χ3n) is 3.71. The number of anilines is 1. The van der Waals surface area contributed by atoms with Crippen LogP contribution in [0.2, 0.25) is 0 Å². The van der Waals surface area contributed by atoms with Crippen LogP contribution in [0.3, 0.4) is 0 Å². The van der Waals surface area contributed by atoms with Gasteiger partial charge in [-0.15, -0.1) is 0 Å². The van der Waals surface area contributed by atoms with Crippen molar-refractivity contribution in [2.24, 2.45) is 5.92 Å². The fraction of sp³-hybridized carbons (Fsp3) is 0.467. The maximum atomic E-state index is 12.6. The summed E-state index contributed by atoms with van der Waals surface area (Å²) in [5.41, 5.74) is 0.742. The molecular formula is C15H19NO5. The van der Waals surface area contributed by atoms with Gasteiger partial charge in [-0.25, -0.2) is 4.79 Å². The minimum Gasteiger partial charge on any atom is -0.478 e. The fourth-order valence-corrected chi connectivity index (χ4v) is 2.51. The standard InChI is InChI=1S/C15H19NO5/c1-10-13(6-9-21-10)14(18)16(7-8-17)12-4-2-11(3-5-12)15(19)20/h2-5,10,13,17H,6-9H2,1H3,(H,19,20). The highest BCUT2D eigenvalue weighted by atomic mass is 16.5. The van der Waals surface area contributed by atoms with Crippen LogP contribution >= 0.6 is 0 Å². The predicted octanol–water partition coefficient (Wildman–Crippen LogP) is 1.14. The summed E-state index contributed by atoms with van der Waals surface area (Å²) < 4.78 is 5.41. The molecule has 2 atom stereocenters. The lowest BCUT2D eigenvalue weighted by atomic mass is 10.0. The quantitative estimate of drug-likeness (QED) is 0.850. The molecule has 1 aromatic carbocycles. The average Bonchev–Trinajstić information content (AvgIpc) is 2.90. The van der Waals surface area contributed by atoms with Crippen molar-refractivity contribution in [3.8, 4) is 0 Å². The summed E-state index contributed by atoms with van der Waals surface area (Å²) in [5, 5.41) is 18.1. The van der Waals surface area contributed by atoms with E-state index >= 15 is 0 Å². The van der Waals surface area contributed by atoms with Gasteiger partial charge >= 0.3 is 5.97 Å². The Hall–Kier alpha value is -1.92. The molecule has 1 amide bonds. The van der Waals surface area contributed by atoms with Gasteiger partial charge in [0.05, 0.1) is 24.2 Å². The smallest absolute Gasteiger partial charge is 0.335 e. The Labute approximate surface area is 122 Å². The van der Waals surface area contributed by atoms with E-state index in [1.807, 2.05) is 6.92 Å². The van der Waals surface area contributed by atoms with Crippen molar-refractivity contribution in [3.63, 3.8) is 0 Å². The van der Waals surface area contributed by atoms with E-state index in [2.05, 4.69) is 0 Å². The summed E-state index contributed by atoms with van der Waals surface area (Å²) in [6.07, 6.45) is 0.520. The monoisotopic (exact) mass is 293 g/mol. The van der Waals surface area contributed by atoms with E-state index in [1.54, 1.807) is 12.1 Å². The number of benzene rings is 1. The van der Waals surface area contributed by atoms with Crippen LogP contribution in [0.1, 0.15) is 23.7 Å². The predicted molar refractivity (Wildman–Crippen MR) is 76.4 cm³/mol. The molecule has 2 rings (SSSR count). The van der Waals surface area contributed by atoms with Crippen LogP contribution < -0.4 is 4.90 Å². The van der Waals surface area contributed by atoms with Crippen LogP contribution in [0.5, 0.6) is 0 Å². The number of aliphatic hydroxyl groups excluding tert-OH is 1. The number of hydrogen-bond acceptors (Lipinski definition) is 4. The Balaban J connectivity index is 2.21. The summed E-state index contributed by atoms with van der Waals surface area (Å²) in [6.45, 7) is 2.44. The summed E-state index contributed by atoms with van der Waals surface area (Å²) in [4.78, 5) is 24.9. The van der Waals surface area contributed by atoms with Crippen LogP contribution in [0.15, 0.2) is 24.3 Å². The number of amides is 1. The Bertz CT molecular complexity index is 513. The van der Waals surface area contributed by atoms with E-state index in [4.69, 9.17) is 9.84 Å². The van der Waals surface area contributed by atoms with E-state index in [9.17, 15) is 14.7 Å². The van der Waals surface area contributed by atoms with E-state index in [0.29, 0.717) is 18.7 Å². The lowest BCUT2D eigenvalue weighted by Gasteiger charge is -2.26. The molecule has 1 fully saturated rings. The van der Waals surface area contributed by atoms with Gasteiger partial charge in [0.1, 0.15) is 0 Å². The highest BCUT2D eigenvalue weighted by molar-refractivity contribution is 5.96. The summed E-state index contributed by atoms with van der Waals surface area (Å²) in [6, 6.07) is 6.06. The molecule has 6 heteroatoms. The number of rotatable bonds is 5. The molecule has 1 aromatic rings. The van der Waals surface area contributed by atoms with Gasteiger partial charge in [-0.05, 0) is 37.6 Å². The molecule has 0 aliphatic carbocycles. The first-order chi connectivity index (χ1) is 10.0. The summed E-state index contributed by atoms with van der Waals surface area (Å²) in [5.74, 6) is -1.34. The van der Waals surface area contributed by atoms with E-state index in [1.165, 1.54) is 17.0 Å². The fourth-order valence-electron chi connectivity index (χ4n) is 2.51. The second-order valence-corrected chi connectivity index (χ2v) is 5.04. The second kappa shape index (κ2) is 6.69. The molecule has 0 radical (unpaired) electrons. The number of carboxylic acids is 1. The van der Waals surface area contributed by atoms with Gasteiger partial charge in [-0.3, -0.25) is 4.79 Å². The minimum absolute atomic E-state index is 0.0999. The van der Waals surface area contributed by atoms with Crippen LogP contribution in [-0.4, -0.2) is 48.0 Å².